The minimum atomic E-state index is -0.647. The molecule has 17 heavy (non-hydrogen) atoms. The largest absolute Gasteiger partial charge is 0.365 e. The highest BCUT2D eigenvalue weighted by atomic mass is 16.2. The van der Waals surface area contributed by atoms with Crippen molar-refractivity contribution in [2.45, 2.75) is 13.3 Å². The Kier molecular flexibility index (Phi) is 2.91. The van der Waals surface area contributed by atoms with Gasteiger partial charge in [-0.2, -0.15) is 0 Å². The van der Waals surface area contributed by atoms with Crippen LogP contribution in [0.1, 0.15) is 29.3 Å². The van der Waals surface area contributed by atoms with E-state index in [1.54, 1.807) is 12.1 Å². The molecule has 1 aromatic rings. The Morgan fingerprint density at radius 2 is 1.94 bits per heavy atom. The Balaban J connectivity index is 2.59. The summed E-state index contributed by atoms with van der Waals surface area (Å²) in [5, 5.41) is 0. The Bertz CT molecular complexity index is 553. The van der Waals surface area contributed by atoms with Crippen molar-refractivity contribution >= 4 is 17.3 Å². The molecule has 1 amide bonds. The Labute approximate surface area is 99.6 Å². The molecule has 2 N–H and O–H groups in total. The van der Waals surface area contributed by atoms with Gasteiger partial charge in [0.2, 0.25) is 0 Å². The lowest BCUT2D eigenvalue weighted by Crippen LogP contribution is -2.19. The number of allylic oxidation sites excluding steroid dienone is 3. The van der Waals surface area contributed by atoms with Crippen molar-refractivity contribution in [3.63, 3.8) is 0 Å². The molecule has 3 heteroatoms. The zero-order valence-electron chi connectivity index (χ0n) is 9.57. The van der Waals surface area contributed by atoms with Crippen LogP contribution < -0.4 is 5.73 Å². The standard InChI is InChI=1S/C14H13NO2/c1-2-3-6-10-9-7-4-5-8-11(9)13(16)12(10)14(15)17/h2-5,7-8H,6H2,1H3,(H2,15,17)/b3-2+. The molecule has 0 fully saturated rings. The number of carbonyl (C=O) groups excluding carboxylic acids is 2. The van der Waals surface area contributed by atoms with Gasteiger partial charge < -0.3 is 5.73 Å². The van der Waals surface area contributed by atoms with Crippen LogP contribution in [0.3, 0.4) is 0 Å². The minimum Gasteiger partial charge on any atom is -0.365 e. The van der Waals surface area contributed by atoms with Crippen LogP contribution in [0.15, 0.2) is 42.0 Å². The molecule has 0 unspecified atom stereocenters. The summed E-state index contributed by atoms with van der Waals surface area (Å²) < 4.78 is 0. The summed E-state index contributed by atoms with van der Waals surface area (Å²) in [4.78, 5) is 23.4. The fraction of sp³-hybridized carbons (Fsp3) is 0.143. The van der Waals surface area contributed by atoms with Crippen molar-refractivity contribution in [2.75, 3.05) is 0 Å². The van der Waals surface area contributed by atoms with Gasteiger partial charge in [-0.25, -0.2) is 0 Å². The van der Waals surface area contributed by atoms with Gasteiger partial charge in [-0.3, -0.25) is 9.59 Å². The monoisotopic (exact) mass is 227 g/mol. The molecule has 0 aliphatic heterocycles. The highest BCUT2D eigenvalue weighted by Gasteiger charge is 2.31. The molecule has 0 heterocycles. The van der Waals surface area contributed by atoms with E-state index >= 15 is 0 Å². The second-order valence-electron chi connectivity index (χ2n) is 3.87. The van der Waals surface area contributed by atoms with E-state index in [0.717, 1.165) is 11.1 Å². The van der Waals surface area contributed by atoms with Gasteiger partial charge in [0.1, 0.15) is 0 Å². The van der Waals surface area contributed by atoms with Crippen molar-refractivity contribution < 1.29 is 9.59 Å². The maximum Gasteiger partial charge on any atom is 0.253 e. The van der Waals surface area contributed by atoms with Crippen molar-refractivity contribution in [1.82, 2.24) is 0 Å². The van der Waals surface area contributed by atoms with E-state index in [0.29, 0.717) is 12.0 Å². The van der Waals surface area contributed by atoms with Crippen LogP contribution in [-0.4, -0.2) is 11.7 Å². The summed E-state index contributed by atoms with van der Waals surface area (Å²) in [6.45, 7) is 1.90. The first-order valence-electron chi connectivity index (χ1n) is 5.45. The molecule has 1 aliphatic rings. The molecule has 0 spiro atoms. The van der Waals surface area contributed by atoms with Gasteiger partial charge >= 0.3 is 0 Å². The Morgan fingerprint density at radius 1 is 1.29 bits per heavy atom. The molecule has 86 valence electrons. The zero-order valence-corrected chi connectivity index (χ0v) is 9.57. The second-order valence-corrected chi connectivity index (χ2v) is 3.87. The molecule has 0 saturated heterocycles. The average molecular weight is 227 g/mol. The Hall–Kier alpha value is -2.16. The number of nitrogens with two attached hydrogens (primary N) is 1. The lowest BCUT2D eigenvalue weighted by molar-refractivity contribution is -0.114. The Morgan fingerprint density at radius 3 is 2.53 bits per heavy atom. The van der Waals surface area contributed by atoms with Crippen LogP contribution in [0, 0.1) is 0 Å². The lowest BCUT2D eigenvalue weighted by atomic mass is 10.0. The van der Waals surface area contributed by atoms with Crippen molar-refractivity contribution in [2.24, 2.45) is 5.73 Å². The number of carbonyl (C=O) groups is 2. The summed E-state index contributed by atoms with van der Waals surface area (Å²) in [7, 11) is 0. The maximum absolute atomic E-state index is 12.0. The normalized spacial score (nSPS) is 14.5. The highest BCUT2D eigenvalue weighted by Crippen LogP contribution is 2.34. The van der Waals surface area contributed by atoms with Crippen LogP contribution in [0.25, 0.3) is 5.57 Å². The molecule has 0 radical (unpaired) electrons. The first-order chi connectivity index (χ1) is 8.16. The van der Waals surface area contributed by atoms with E-state index in [2.05, 4.69) is 0 Å². The zero-order chi connectivity index (χ0) is 12.4. The number of rotatable bonds is 3. The third-order valence-corrected chi connectivity index (χ3v) is 2.83. The van der Waals surface area contributed by atoms with Gasteiger partial charge in [0.05, 0.1) is 5.57 Å². The first-order valence-corrected chi connectivity index (χ1v) is 5.45. The van der Waals surface area contributed by atoms with Gasteiger partial charge in [-0.15, -0.1) is 0 Å². The SMILES string of the molecule is C/C=C/CC1=C(C(N)=O)C(=O)c2ccccc21. The number of fused-ring (bicyclic) bond motifs is 1. The molecule has 3 nitrogen and oxygen atoms in total. The van der Waals surface area contributed by atoms with Gasteiger partial charge in [0, 0.05) is 5.56 Å². The molecule has 0 atom stereocenters. The molecule has 0 aromatic heterocycles. The third kappa shape index (κ3) is 1.80. The van der Waals surface area contributed by atoms with E-state index in [1.165, 1.54) is 0 Å². The summed E-state index contributed by atoms with van der Waals surface area (Å²) in [6.07, 6.45) is 4.35. The van der Waals surface area contributed by atoms with Crippen molar-refractivity contribution in [3.05, 3.63) is 53.1 Å². The summed E-state index contributed by atoms with van der Waals surface area (Å²) >= 11 is 0. The predicted molar refractivity (Wildman–Crippen MR) is 66.3 cm³/mol. The average Bonchev–Trinajstić information content (AvgIpc) is 2.60. The van der Waals surface area contributed by atoms with E-state index < -0.39 is 5.91 Å². The maximum atomic E-state index is 12.0. The number of hydrogen-bond donors (Lipinski definition) is 1. The van der Waals surface area contributed by atoms with Crippen LogP contribution in [0.5, 0.6) is 0 Å². The number of primary amides is 1. The fourth-order valence-electron chi connectivity index (χ4n) is 2.06. The van der Waals surface area contributed by atoms with Crippen LogP contribution >= 0.6 is 0 Å². The van der Waals surface area contributed by atoms with Crippen molar-refractivity contribution in [1.29, 1.82) is 0 Å². The van der Waals surface area contributed by atoms with E-state index in [9.17, 15) is 9.59 Å². The van der Waals surface area contributed by atoms with Crippen LogP contribution in [0.4, 0.5) is 0 Å². The van der Waals surface area contributed by atoms with Gasteiger partial charge in [0.15, 0.2) is 5.78 Å². The topological polar surface area (TPSA) is 60.2 Å². The lowest BCUT2D eigenvalue weighted by Gasteiger charge is -2.01. The van der Waals surface area contributed by atoms with E-state index in [4.69, 9.17) is 5.73 Å². The van der Waals surface area contributed by atoms with Gasteiger partial charge in [-0.05, 0) is 24.5 Å². The number of Topliss-reactive ketones (excluding diaryl/α,β-unsaturated/α-hetero) is 1. The fourth-order valence-corrected chi connectivity index (χ4v) is 2.06. The first kappa shape index (κ1) is 11.3. The highest BCUT2D eigenvalue weighted by molar-refractivity contribution is 6.34. The van der Waals surface area contributed by atoms with Crippen LogP contribution in [-0.2, 0) is 4.79 Å². The molecule has 1 aliphatic carbocycles. The minimum absolute atomic E-state index is 0.129. The second kappa shape index (κ2) is 4.37. The number of benzene rings is 1. The summed E-state index contributed by atoms with van der Waals surface area (Å²) in [5.74, 6) is -0.904. The summed E-state index contributed by atoms with van der Waals surface area (Å²) in [5.41, 5.74) is 7.54. The van der Waals surface area contributed by atoms with Gasteiger partial charge in [-0.1, -0.05) is 36.4 Å². The smallest absolute Gasteiger partial charge is 0.253 e. The quantitative estimate of drug-likeness (QED) is 0.635. The van der Waals surface area contributed by atoms with Crippen molar-refractivity contribution in [3.8, 4) is 0 Å². The molecular formula is C14H13NO2. The van der Waals surface area contributed by atoms with E-state index in [1.807, 2.05) is 31.2 Å². The molecule has 0 saturated carbocycles. The number of hydrogen-bond acceptors (Lipinski definition) is 2. The number of ketones is 1. The van der Waals surface area contributed by atoms with E-state index in [-0.39, 0.29) is 11.4 Å². The molecule has 1 aromatic carbocycles. The molecular weight excluding hydrogens is 214 g/mol. The molecule has 2 rings (SSSR count). The third-order valence-electron chi connectivity index (χ3n) is 2.83. The number of amides is 1. The van der Waals surface area contributed by atoms with Gasteiger partial charge in [0.25, 0.3) is 5.91 Å². The molecule has 0 bridgehead atoms. The van der Waals surface area contributed by atoms with Crippen LogP contribution in [0.2, 0.25) is 0 Å². The predicted octanol–water partition coefficient (Wildman–Crippen LogP) is 2.09. The summed E-state index contributed by atoms with van der Waals surface area (Å²) in [6, 6.07) is 7.21.